The van der Waals surface area contributed by atoms with Gasteiger partial charge in [-0.3, -0.25) is 13.8 Å². The quantitative estimate of drug-likeness (QED) is 0.163. The summed E-state index contributed by atoms with van der Waals surface area (Å²) < 4.78 is 28.3. The van der Waals surface area contributed by atoms with E-state index < -0.39 is 19.9 Å². The van der Waals surface area contributed by atoms with Gasteiger partial charge >= 0.3 is 13.8 Å². The summed E-state index contributed by atoms with van der Waals surface area (Å²) in [5.74, 6) is -0.511. The van der Waals surface area contributed by atoms with Gasteiger partial charge in [-0.1, -0.05) is 48.9 Å². The number of rotatable bonds is 17. The van der Waals surface area contributed by atoms with Crippen LogP contribution >= 0.6 is 31.0 Å². The molecule has 0 saturated carbocycles. The molecule has 0 aliphatic heterocycles. The van der Waals surface area contributed by atoms with E-state index in [1.165, 1.54) is 0 Å². The van der Waals surface area contributed by atoms with Crippen LogP contribution < -0.4 is 4.74 Å². The molecule has 8 nitrogen and oxygen atoms in total. The number of phosphoric ester groups is 1. The Hall–Kier alpha value is -0.860. The van der Waals surface area contributed by atoms with Crippen molar-refractivity contribution < 1.29 is 37.6 Å². The van der Waals surface area contributed by atoms with Gasteiger partial charge in [-0.15, -0.1) is 0 Å². The summed E-state index contributed by atoms with van der Waals surface area (Å²) in [5, 5.41) is 10.1. The molecule has 0 aliphatic rings. The predicted octanol–water partition coefficient (Wildman–Crippen LogP) is 5.40. The number of phosphoric acid groups is 1. The van der Waals surface area contributed by atoms with Crippen LogP contribution in [0.2, 0.25) is 10.0 Å². The highest BCUT2D eigenvalue weighted by molar-refractivity contribution is 7.47. The molecule has 0 spiro atoms. The van der Waals surface area contributed by atoms with Gasteiger partial charge in [-0.05, 0) is 25.0 Å². The van der Waals surface area contributed by atoms with Crippen molar-refractivity contribution in [1.29, 1.82) is 0 Å². The summed E-state index contributed by atoms with van der Waals surface area (Å²) in [6.45, 7) is 0.904. The van der Waals surface area contributed by atoms with Crippen molar-refractivity contribution >= 4 is 37.0 Å². The van der Waals surface area contributed by atoms with Gasteiger partial charge in [0.2, 0.25) is 0 Å². The topological polar surface area (TPSA) is 102 Å². The Bertz CT molecular complexity index is 758. The van der Waals surface area contributed by atoms with E-state index in [4.69, 9.17) is 42.1 Å². The number of hydrogen-bond donors (Lipinski definition) is 2. The highest BCUT2D eigenvalue weighted by Crippen LogP contribution is 2.45. The third kappa shape index (κ3) is 14.3. The summed E-state index contributed by atoms with van der Waals surface area (Å²) >= 11 is 12.0. The zero-order chi connectivity index (χ0) is 24.2. The minimum absolute atomic E-state index is 0.0777. The number of halogens is 2. The van der Waals surface area contributed by atoms with Crippen LogP contribution in [0.15, 0.2) is 18.2 Å². The van der Waals surface area contributed by atoms with Crippen LogP contribution in [0.5, 0.6) is 5.75 Å². The number of nitrogens with zero attached hydrogens (tertiary/aromatic N) is 1. The Kier molecular flexibility index (Phi) is 13.1. The van der Waals surface area contributed by atoms with E-state index in [9.17, 15) is 14.3 Å². The highest BCUT2D eigenvalue weighted by Gasteiger charge is 2.31. The Labute approximate surface area is 200 Å². The number of carbonyl (C=O) groups is 1. The van der Waals surface area contributed by atoms with Gasteiger partial charge in [-0.25, -0.2) is 4.57 Å². The Morgan fingerprint density at radius 2 is 1.66 bits per heavy atom. The molecule has 0 amide bonds. The molecule has 0 aliphatic carbocycles. The number of quaternary nitrogens is 1. The molecule has 0 saturated heterocycles. The summed E-state index contributed by atoms with van der Waals surface area (Å²) in [6.07, 6.45) is 4.02. The van der Waals surface area contributed by atoms with Gasteiger partial charge in [0.15, 0.2) is 0 Å². The van der Waals surface area contributed by atoms with Crippen LogP contribution in [0.4, 0.5) is 0 Å². The third-order valence-electron chi connectivity index (χ3n) is 4.38. The Balaban J connectivity index is 2.16. The normalized spacial score (nSPS) is 14.7. The monoisotopic (exact) mass is 514 g/mol. The number of benzene rings is 1. The molecule has 184 valence electrons. The number of likely N-dealkylation sites (N-methyl/N-ethyl adjacent to an activating group) is 1. The molecule has 0 bridgehead atoms. The van der Waals surface area contributed by atoms with Crippen LogP contribution in [0.1, 0.15) is 44.9 Å². The molecule has 11 heteroatoms. The van der Waals surface area contributed by atoms with Crippen molar-refractivity contribution in [3.63, 3.8) is 0 Å². The van der Waals surface area contributed by atoms with E-state index >= 15 is 0 Å². The van der Waals surface area contributed by atoms with Gasteiger partial charge < -0.3 is 19.2 Å². The van der Waals surface area contributed by atoms with E-state index in [0.717, 1.165) is 32.1 Å². The zero-order valence-corrected chi connectivity index (χ0v) is 21.4. The van der Waals surface area contributed by atoms with Crippen molar-refractivity contribution in [1.82, 2.24) is 0 Å². The molecule has 32 heavy (non-hydrogen) atoms. The molecule has 1 aromatic carbocycles. The van der Waals surface area contributed by atoms with Gasteiger partial charge in [0, 0.05) is 11.1 Å². The maximum absolute atomic E-state index is 12.1. The predicted molar refractivity (Wildman–Crippen MR) is 125 cm³/mol. The van der Waals surface area contributed by atoms with Crippen molar-refractivity contribution in [3.8, 4) is 5.75 Å². The van der Waals surface area contributed by atoms with E-state index in [1.807, 2.05) is 21.1 Å². The fourth-order valence-corrected chi connectivity index (χ4v) is 4.29. The average Bonchev–Trinajstić information content (AvgIpc) is 2.63. The van der Waals surface area contributed by atoms with Gasteiger partial charge in [-0.2, -0.15) is 0 Å². The molecule has 2 N–H and O–H groups in total. The molecule has 1 unspecified atom stereocenters. The Morgan fingerprint density at radius 1 is 1.06 bits per heavy atom. The SMILES string of the molecule is C[N+](C)(C)C[C@@H](CC(=O)O)OP(=O)(O)OCCCCCCCCOc1cc(Cl)ccc1Cl. The van der Waals surface area contributed by atoms with Crippen LogP contribution in [0.3, 0.4) is 0 Å². The first-order chi connectivity index (χ1) is 14.9. The fourth-order valence-electron chi connectivity index (χ4n) is 3.02. The lowest BCUT2D eigenvalue weighted by molar-refractivity contribution is -0.873. The molecule has 0 heterocycles. The Morgan fingerprint density at radius 3 is 2.25 bits per heavy atom. The number of hydrogen-bond acceptors (Lipinski definition) is 5. The van der Waals surface area contributed by atoms with Gasteiger partial charge in [0.1, 0.15) is 18.4 Å². The second-order valence-corrected chi connectivity index (χ2v) is 10.9. The van der Waals surface area contributed by atoms with Crippen LogP contribution in [-0.2, 0) is 18.4 Å². The van der Waals surface area contributed by atoms with Crippen molar-refractivity contribution in [2.45, 2.75) is 51.0 Å². The van der Waals surface area contributed by atoms with E-state index in [-0.39, 0.29) is 19.6 Å². The molecule has 1 rings (SSSR count). The first-order valence-corrected chi connectivity index (χ1v) is 12.9. The molecular weight excluding hydrogens is 480 g/mol. The van der Waals surface area contributed by atoms with E-state index in [1.54, 1.807) is 18.2 Å². The van der Waals surface area contributed by atoms with Crippen LogP contribution in [-0.4, -0.2) is 67.5 Å². The largest absolute Gasteiger partial charge is 0.492 e. The second-order valence-electron chi connectivity index (χ2n) is 8.64. The lowest BCUT2D eigenvalue weighted by atomic mass is 10.1. The lowest BCUT2D eigenvalue weighted by Gasteiger charge is -2.29. The standard InChI is InChI=1S/C21H34Cl2NO7P/c1-24(2,3)16-18(15-21(25)26)31-32(27,28)30-13-9-7-5-4-6-8-12-29-20-14-17(22)10-11-19(20)23/h10-11,14,18H,4-9,12-13,15-16H2,1-3H3,(H-,25,26,27,28)/p+1/t18-/m1/s1. The average molecular weight is 515 g/mol. The summed E-state index contributed by atoms with van der Waals surface area (Å²) in [5.41, 5.74) is 0. The number of ether oxygens (including phenoxy) is 1. The van der Waals surface area contributed by atoms with Gasteiger partial charge in [0.25, 0.3) is 0 Å². The fraction of sp³-hybridized carbons (Fsp3) is 0.667. The van der Waals surface area contributed by atoms with Crippen LogP contribution in [0, 0.1) is 0 Å². The van der Waals surface area contributed by atoms with E-state index in [2.05, 4.69) is 0 Å². The number of aliphatic carboxylic acids is 1. The summed E-state index contributed by atoms with van der Waals surface area (Å²) in [6, 6.07) is 5.11. The first-order valence-electron chi connectivity index (χ1n) is 10.6. The van der Waals surface area contributed by atoms with Crippen molar-refractivity contribution in [2.24, 2.45) is 0 Å². The molecule has 0 fully saturated rings. The highest BCUT2D eigenvalue weighted by atomic mass is 35.5. The zero-order valence-electron chi connectivity index (χ0n) is 19.0. The number of carboxylic acid groups (broad SMARTS) is 1. The maximum atomic E-state index is 12.1. The minimum Gasteiger partial charge on any atom is -0.492 e. The van der Waals surface area contributed by atoms with Gasteiger partial charge in [0.05, 0.1) is 45.8 Å². The van der Waals surface area contributed by atoms with E-state index in [0.29, 0.717) is 33.3 Å². The molecular formula is C21H35Cl2NO7P+. The third-order valence-corrected chi connectivity index (χ3v) is 6.00. The minimum atomic E-state index is -4.31. The smallest absolute Gasteiger partial charge is 0.472 e. The molecule has 2 atom stereocenters. The molecule has 0 aromatic heterocycles. The maximum Gasteiger partial charge on any atom is 0.472 e. The molecule has 1 aromatic rings. The number of unbranched alkanes of at least 4 members (excludes halogenated alkanes) is 5. The number of carboxylic acids is 1. The van der Waals surface area contributed by atoms with Crippen molar-refractivity contribution in [2.75, 3.05) is 40.9 Å². The molecule has 0 radical (unpaired) electrons. The first kappa shape index (κ1) is 29.2. The second kappa shape index (κ2) is 14.4. The van der Waals surface area contributed by atoms with Crippen molar-refractivity contribution in [3.05, 3.63) is 28.2 Å². The van der Waals surface area contributed by atoms with Crippen LogP contribution in [0.25, 0.3) is 0 Å². The lowest BCUT2D eigenvalue weighted by Crippen LogP contribution is -2.42. The summed E-state index contributed by atoms with van der Waals surface area (Å²) in [7, 11) is 1.23. The summed E-state index contributed by atoms with van der Waals surface area (Å²) in [4.78, 5) is 20.9.